The van der Waals surface area contributed by atoms with Gasteiger partial charge in [-0.05, 0) is 12.0 Å². The van der Waals surface area contributed by atoms with Crippen molar-refractivity contribution in [1.82, 2.24) is 0 Å². The predicted octanol–water partition coefficient (Wildman–Crippen LogP) is 2.39. The number of carboxylic acids is 1. The van der Waals surface area contributed by atoms with E-state index in [-0.39, 0.29) is 11.3 Å². The molecule has 6 heteroatoms. The number of nitro groups is 1. The highest BCUT2D eigenvalue weighted by atomic mass is 16.6. The van der Waals surface area contributed by atoms with E-state index in [0.29, 0.717) is 18.2 Å². The van der Waals surface area contributed by atoms with E-state index in [0.717, 1.165) is 6.07 Å². The molecule has 0 aliphatic heterocycles. The van der Waals surface area contributed by atoms with Gasteiger partial charge in [0.15, 0.2) is 0 Å². The van der Waals surface area contributed by atoms with Crippen molar-refractivity contribution in [1.29, 1.82) is 0 Å². The molecule has 0 heterocycles. The molecule has 0 saturated heterocycles. The Morgan fingerprint density at radius 3 is 2.56 bits per heavy atom. The van der Waals surface area contributed by atoms with E-state index in [1.54, 1.807) is 11.9 Å². The monoisotopic (exact) mass is 252 g/mol. The zero-order valence-electron chi connectivity index (χ0n) is 10.6. The van der Waals surface area contributed by atoms with Gasteiger partial charge in [0.05, 0.1) is 16.2 Å². The Balaban J connectivity index is 3.19. The van der Waals surface area contributed by atoms with Crippen LogP contribution in [0.2, 0.25) is 0 Å². The van der Waals surface area contributed by atoms with Crippen LogP contribution in [-0.2, 0) is 0 Å². The molecule has 1 aromatic carbocycles. The maximum atomic E-state index is 11.1. The summed E-state index contributed by atoms with van der Waals surface area (Å²) in [6, 6.07) is 3.89. The molecule has 0 fully saturated rings. The van der Waals surface area contributed by atoms with E-state index in [1.165, 1.54) is 12.1 Å². The van der Waals surface area contributed by atoms with E-state index in [4.69, 9.17) is 5.11 Å². The van der Waals surface area contributed by atoms with Crippen LogP contribution in [0.3, 0.4) is 0 Å². The molecule has 18 heavy (non-hydrogen) atoms. The minimum atomic E-state index is -1.16. The number of non-ortho nitro benzene ring substituents is 1. The first-order valence-corrected chi connectivity index (χ1v) is 5.55. The Morgan fingerprint density at radius 2 is 2.11 bits per heavy atom. The van der Waals surface area contributed by atoms with Gasteiger partial charge in [-0.25, -0.2) is 4.79 Å². The summed E-state index contributed by atoms with van der Waals surface area (Å²) in [5.41, 5.74) is 0.225. The van der Waals surface area contributed by atoms with Crippen molar-refractivity contribution >= 4 is 17.3 Å². The maximum Gasteiger partial charge on any atom is 0.338 e. The third-order valence-electron chi connectivity index (χ3n) is 2.47. The molecule has 0 aromatic heterocycles. The van der Waals surface area contributed by atoms with Crippen LogP contribution in [-0.4, -0.2) is 29.6 Å². The lowest BCUT2D eigenvalue weighted by Crippen LogP contribution is -2.24. The normalized spacial score (nSPS) is 10.4. The van der Waals surface area contributed by atoms with Crippen LogP contribution >= 0.6 is 0 Å². The van der Waals surface area contributed by atoms with Gasteiger partial charge in [0.1, 0.15) is 0 Å². The first-order chi connectivity index (χ1) is 8.32. The van der Waals surface area contributed by atoms with Gasteiger partial charge in [-0.1, -0.05) is 13.8 Å². The highest BCUT2D eigenvalue weighted by molar-refractivity contribution is 5.95. The van der Waals surface area contributed by atoms with Crippen LogP contribution in [0.4, 0.5) is 11.4 Å². The number of carbonyl (C=O) groups is 1. The molecule has 0 aliphatic carbocycles. The van der Waals surface area contributed by atoms with Crippen molar-refractivity contribution in [3.8, 4) is 0 Å². The van der Waals surface area contributed by atoms with E-state index in [2.05, 4.69) is 0 Å². The fourth-order valence-corrected chi connectivity index (χ4v) is 1.79. The second-order valence-electron chi connectivity index (χ2n) is 4.54. The summed E-state index contributed by atoms with van der Waals surface area (Å²) in [6.07, 6.45) is 0. The van der Waals surface area contributed by atoms with Crippen molar-refractivity contribution in [2.45, 2.75) is 13.8 Å². The number of anilines is 1. The van der Waals surface area contributed by atoms with E-state index < -0.39 is 10.9 Å². The van der Waals surface area contributed by atoms with Gasteiger partial charge in [-0.15, -0.1) is 0 Å². The van der Waals surface area contributed by atoms with Crippen LogP contribution in [0.1, 0.15) is 24.2 Å². The van der Waals surface area contributed by atoms with Gasteiger partial charge in [0, 0.05) is 25.7 Å². The lowest BCUT2D eigenvalue weighted by atomic mass is 10.1. The second kappa shape index (κ2) is 5.48. The third-order valence-corrected chi connectivity index (χ3v) is 2.47. The average Bonchev–Trinajstić information content (AvgIpc) is 2.26. The summed E-state index contributed by atoms with van der Waals surface area (Å²) in [6.45, 7) is 4.71. The van der Waals surface area contributed by atoms with Gasteiger partial charge < -0.3 is 10.0 Å². The number of hydrogen-bond acceptors (Lipinski definition) is 4. The van der Waals surface area contributed by atoms with E-state index in [1.807, 2.05) is 13.8 Å². The highest BCUT2D eigenvalue weighted by Gasteiger charge is 2.18. The lowest BCUT2D eigenvalue weighted by Gasteiger charge is -2.22. The molecule has 6 nitrogen and oxygen atoms in total. The largest absolute Gasteiger partial charge is 0.478 e. The summed E-state index contributed by atoms with van der Waals surface area (Å²) in [5, 5.41) is 19.7. The summed E-state index contributed by atoms with van der Waals surface area (Å²) in [5.74, 6) is -0.795. The van der Waals surface area contributed by atoms with Crippen molar-refractivity contribution in [3.05, 3.63) is 33.9 Å². The SMILES string of the molecule is CC(C)CN(C)c1ccc([N+](=O)[O-])cc1C(=O)O. The van der Waals surface area contributed by atoms with Gasteiger partial charge in [-0.3, -0.25) is 10.1 Å². The van der Waals surface area contributed by atoms with E-state index in [9.17, 15) is 14.9 Å². The maximum absolute atomic E-state index is 11.1. The van der Waals surface area contributed by atoms with Gasteiger partial charge in [0.2, 0.25) is 0 Å². The summed E-state index contributed by atoms with van der Waals surface area (Å²) >= 11 is 0. The molecule has 0 bridgehead atoms. The molecule has 1 rings (SSSR count). The molecule has 98 valence electrons. The molecule has 0 aliphatic rings. The molecular weight excluding hydrogens is 236 g/mol. The Kier molecular flexibility index (Phi) is 4.25. The topological polar surface area (TPSA) is 83.7 Å². The smallest absolute Gasteiger partial charge is 0.338 e. The number of carboxylic acid groups (broad SMARTS) is 1. The standard InChI is InChI=1S/C12H16N2O4/c1-8(2)7-13(3)11-5-4-9(14(17)18)6-10(11)12(15)16/h4-6,8H,7H2,1-3H3,(H,15,16). The highest BCUT2D eigenvalue weighted by Crippen LogP contribution is 2.25. The van der Waals surface area contributed by atoms with Crippen LogP contribution in [0.25, 0.3) is 0 Å². The van der Waals surface area contributed by atoms with E-state index >= 15 is 0 Å². The summed E-state index contributed by atoms with van der Waals surface area (Å²) in [4.78, 5) is 23.0. The minimum Gasteiger partial charge on any atom is -0.478 e. The third kappa shape index (κ3) is 3.19. The molecule has 0 radical (unpaired) electrons. The first-order valence-electron chi connectivity index (χ1n) is 5.55. The number of hydrogen-bond donors (Lipinski definition) is 1. The molecule has 0 amide bonds. The second-order valence-corrected chi connectivity index (χ2v) is 4.54. The number of rotatable bonds is 5. The fourth-order valence-electron chi connectivity index (χ4n) is 1.79. The predicted molar refractivity (Wildman–Crippen MR) is 68.2 cm³/mol. The Morgan fingerprint density at radius 1 is 1.50 bits per heavy atom. The lowest BCUT2D eigenvalue weighted by molar-refractivity contribution is -0.384. The number of benzene rings is 1. The molecule has 0 unspecified atom stereocenters. The Labute approximate surface area is 105 Å². The molecule has 0 saturated carbocycles. The number of aromatic carboxylic acids is 1. The van der Waals surface area contributed by atoms with Crippen LogP contribution in [0.15, 0.2) is 18.2 Å². The van der Waals surface area contributed by atoms with Gasteiger partial charge in [-0.2, -0.15) is 0 Å². The molecule has 0 spiro atoms. The molecular formula is C12H16N2O4. The zero-order chi connectivity index (χ0) is 13.9. The summed E-state index contributed by atoms with van der Waals surface area (Å²) < 4.78 is 0. The van der Waals surface area contributed by atoms with Crippen molar-refractivity contribution in [3.63, 3.8) is 0 Å². The molecule has 1 N–H and O–H groups in total. The first kappa shape index (κ1) is 14.0. The quantitative estimate of drug-likeness (QED) is 0.642. The number of nitrogens with zero attached hydrogens (tertiary/aromatic N) is 2. The van der Waals surface area contributed by atoms with Crippen molar-refractivity contribution in [2.75, 3.05) is 18.5 Å². The van der Waals surface area contributed by atoms with Crippen molar-refractivity contribution in [2.24, 2.45) is 5.92 Å². The average molecular weight is 252 g/mol. The van der Waals surface area contributed by atoms with Gasteiger partial charge in [0.25, 0.3) is 5.69 Å². The van der Waals surface area contributed by atoms with Crippen molar-refractivity contribution < 1.29 is 14.8 Å². The van der Waals surface area contributed by atoms with Crippen LogP contribution in [0.5, 0.6) is 0 Å². The Bertz CT molecular complexity index is 471. The minimum absolute atomic E-state index is 0.0487. The fraction of sp³-hybridized carbons (Fsp3) is 0.417. The zero-order valence-corrected chi connectivity index (χ0v) is 10.6. The van der Waals surface area contributed by atoms with Gasteiger partial charge >= 0.3 is 5.97 Å². The van der Waals surface area contributed by atoms with Crippen LogP contribution < -0.4 is 4.90 Å². The molecule has 0 atom stereocenters. The Hall–Kier alpha value is -2.11. The number of nitro benzene ring substituents is 1. The molecule has 1 aromatic rings. The van der Waals surface area contributed by atoms with Crippen LogP contribution in [0, 0.1) is 16.0 Å². The summed E-state index contributed by atoms with van der Waals surface area (Å²) in [7, 11) is 1.77.